The van der Waals surface area contributed by atoms with Crippen molar-refractivity contribution in [2.45, 2.75) is 42.8 Å². The molecule has 4 aromatic rings. The van der Waals surface area contributed by atoms with Crippen molar-refractivity contribution < 1.29 is 13.2 Å². The molecule has 0 bridgehead atoms. The first kappa shape index (κ1) is 26.1. The Morgan fingerprint density at radius 1 is 0.921 bits per heavy atom. The van der Waals surface area contributed by atoms with Gasteiger partial charge in [0.05, 0.1) is 17.0 Å². The van der Waals surface area contributed by atoms with Crippen LogP contribution in [-0.2, 0) is 27.8 Å². The van der Waals surface area contributed by atoms with Gasteiger partial charge in [-0.1, -0.05) is 78.9 Å². The zero-order valence-corrected chi connectivity index (χ0v) is 22.5. The average Bonchev–Trinajstić information content (AvgIpc) is 3.31. The number of amides is 1. The molecule has 0 spiro atoms. The summed E-state index contributed by atoms with van der Waals surface area (Å²) < 4.78 is 29.7. The molecule has 0 saturated heterocycles. The first-order valence-corrected chi connectivity index (χ1v) is 14.4. The van der Waals surface area contributed by atoms with E-state index >= 15 is 0 Å². The third kappa shape index (κ3) is 5.80. The summed E-state index contributed by atoms with van der Waals surface area (Å²) in [5.41, 5.74) is 4.50. The summed E-state index contributed by atoms with van der Waals surface area (Å²) in [4.78, 5) is 15.6. The topological polar surface area (TPSA) is 78.5 Å². The number of fused-ring (bicyclic) bond motifs is 2. The van der Waals surface area contributed by atoms with Crippen LogP contribution in [0.1, 0.15) is 47.2 Å². The summed E-state index contributed by atoms with van der Waals surface area (Å²) in [6.07, 6.45) is 1.76. The monoisotopic (exact) mass is 527 g/mol. The minimum absolute atomic E-state index is 0.0000461. The van der Waals surface area contributed by atoms with Crippen molar-refractivity contribution in [3.8, 4) is 0 Å². The molecule has 0 aliphatic heterocycles. The lowest BCUT2D eigenvalue weighted by atomic mass is 10.0. The van der Waals surface area contributed by atoms with Gasteiger partial charge in [-0.25, -0.2) is 13.1 Å². The van der Waals surface area contributed by atoms with E-state index in [1.54, 1.807) is 18.2 Å². The highest BCUT2D eigenvalue weighted by Crippen LogP contribution is 2.34. The number of carbonyl (C=O) groups excluding carboxylic acids is 1. The molecule has 2 atom stereocenters. The first-order chi connectivity index (χ1) is 18.3. The van der Waals surface area contributed by atoms with Gasteiger partial charge in [-0.2, -0.15) is 0 Å². The molecule has 0 saturated carbocycles. The molecular formula is C31H33N3O3S. The maximum absolute atomic E-state index is 13.4. The predicted octanol–water partition coefficient (Wildman–Crippen LogP) is 5.11. The third-order valence-corrected chi connectivity index (χ3v) is 8.58. The molecule has 0 heterocycles. The second kappa shape index (κ2) is 11.1. The number of nitrogens with zero attached hydrogens (tertiary/aromatic N) is 1. The zero-order chi connectivity index (χ0) is 26.7. The molecule has 4 aromatic carbocycles. The van der Waals surface area contributed by atoms with Gasteiger partial charge in [-0.05, 0) is 72.1 Å². The van der Waals surface area contributed by atoms with Crippen molar-refractivity contribution in [3.05, 3.63) is 113 Å². The fraction of sp³-hybridized carbons (Fsp3) is 0.258. The molecule has 1 unspecified atom stereocenters. The molecule has 196 valence electrons. The van der Waals surface area contributed by atoms with Gasteiger partial charge in [0.1, 0.15) is 0 Å². The molecule has 0 radical (unpaired) electrons. The first-order valence-electron chi connectivity index (χ1n) is 12.9. The van der Waals surface area contributed by atoms with Crippen LogP contribution < -0.4 is 10.0 Å². The Labute approximate surface area is 224 Å². The maximum Gasteiger partial charge on any atom is 0.241 e. The molecule has 0 aromatic heterocycles. The van der Waals surface area contributed by atoms with Gasteiger partial charge in [-0.3, -0.25) is 4.79 Å². The molecule has 7 heteroatoms. The van der Waals surface area contributed by atoms with E-state index in [9.17, 15) is 13.2 Å². The van der Waals surface area contributed by atoms with Gasteiger partial charge in [-0.15, -0.1) is 0 Å². The molecule has 38 heavy (non-hydrogen) atoms. The van der Waals surface area contributed by atoms with Gasteiger partial charge < -0.3 is 10.2 Å². The molecule has 1 aliphatic carbocycles. The van der Waals surface area contributed by atoms with Crippen molar-refractivity contribution in [2.24, 2.45) is 0 Å². The fourth-order valence-corrected chi connectivity index (χ4v) is 6.57. The molecule has 1 aliphatic rings. The van der Waals surface area contributed by atoms with E-state index in [2.05, 4.69) is 41.2 Å². The van der Waals surface area contributed by atoms with Crippen LogP contribution in [0.5, 0.6) is 0 Å². The smallest absolute Gasteiger partial charge is 0.241 e. The number of rotatable bonds is 9. The number of carbonyl (C=O) groups is 1. The minimum Gasteiger partial charge on any atom is -0.349 e. The Morgan fingerprint density at radius 3 is 2.42 bits per heavy atom. The zero-order valence-electron chi connectivity index (χ0n) is 21.7. The Bertz CT molecular complexity index is 1550. The van der Waals surface area contributed by atoms with E-state index in [0.29, 0.717) is 0 Å². The van der Waals surface area contributed by atoms with Crippen LogP contribution in [0.3, 0.4) is 0 Å². The van der Waals surface area contributed by atoms with Crippen LogP contribution in [0.4, 0.5) is 0 Å². The maximum atomic E-state index is 13.4. The molecule has 2 N–H and O–H groups in total. The van der Waals surface area contributed by atoms with Crippen molar-refractivity contribution >= 4 is 26.7 Å². The second-order valence-corrected chi connectivity index (χ2v) is 11.9. The van der Waals surface area contributed by atoms with Crippen LogP contribution in [-0.4, -0.2) is 33.3 Å². The molecule has 5 rings (SSSR count). The van der Waals surface area contributed by atoms with E-state index in [-0.39, 0.29) is 23.3 Å². The Hall–Kier alpha value is -3.52. The Morgan fingerprint density at radius 2 is 1.66 bits per heavy atom. The highest BCUT2D eigenvalue weighted by atomic mass is 32.2. The lowest BCUT2D eigenvalue weighted by molar-refractivity contribution is -0.122. The number of sulfonamides is 1. The lowest BCUT2D eigenvalue weighted by Crippen LogP contribution is -2.35. The van der Waals surface area contributed by atoms with Crippen molar-refractivity contribution in [1.82, 2.24) is 14.9 Å². The van der Waals surface area contributed by atoms with E-state index in [1.807, 2.05) is 60.7 Å². The summed E-state index contributed by atoms with van der Waals surface area (Å²) in [5, 5.41) is 4.99. The van der Waals surface area contributed by atoms with Crippen LogP contribution in [0.15, 0.2) is 95.9 Å². The third-order valence-electron chi connectivity index (χ3n) is 7.11. The predicted molar refractivity (Wildman–Crippen MR) is 151 cm³/mol. The quantitative estimate of drug-likeness (QED) is 0.317. The lowest BCUT2D eigenvalue weighted by Gasteiger charge is -2.21. The summed E-state index contributed by atoms with van der Waals surface area (Å²) >= 11 is 0. The van der Waals surface area contributed by atoms with Gasteiger partial charge >= 0.3 is 0 Å². The number of hydrogen-bond donors (Lipinski definition) is 2. The summed E-state index contributed by atoms with van der Waals surface area (Å²) in [6, 6.07) is 27.5. The van der Waals surface area contributed by atoms with Gasteiger partial charge in [0, 0.05) is 13.0 Å². The Kier molecular flexibility index (Phi) is 7.61. The second-order valence-electron chi connectivity index (χ2n) is 10.2. The molecule has 0 fully saturated rings. The summed E-state index contributed by atoms with van der Waals surface area (Å²) in [6.45, 7) is 0.858. The number of hydrogen-bond acceptors (Lipinski definition) is 4. The molecule has 1 amide bonds. The van der Waals surface area contributed by atoms with Crippen LogP contribution >= 0.6 is 0 Å². The van der Waals surface area contributed by atoms with Crippen molar-refractivity contribution in [1.29, 1.82) is 0 Å². The Balaban J connectivity index is 1.35. The summed E-state index contributed by atoms with van der Waals surface area (Å²) in [5.74, 6) is -0.184. The van der Waals surface area contributed by atoms with Crippen molar-refractivity contribution in [2.75, 3.05) is 14.1 Å². The number of nitrogens with one attached hydrogen (secondary N) is 2. The fourth-order valence-electron chi connectivity index (χ4n) is 5.31. The largest absolute Gasteiger partial charge is 0.349 e. The van der Waals surface area contributed by atoms with Gasteiger partial charge in [0.25, 0.3) is 0 Å². The van der Waals surface area contributed by atoms with Crippen LogP contribution in [0, 0.1) is 0 Å². The summed E-state index contributed by atoms with van der Waals surface area (Å²) in [7, 11) is 0.231. The standard InChI is InChI=1S/C31H33N3O3S/c1-34(2)21-25-13-8-14-28-27(25)17-18-29(28)32-31(35)20-30(23-10-4-3-5-11-23)33-38(36,37)26-16-15-22-9-6-7-12-24(22)19-26/h3-16,19,29-30,33H,17-18,20-21H2,1-2H3,(H,32,35)/t29?,30-/m1/s1. The van der Waals surface area contributed by atoms with Gasteiger partial charge in [0.2, 0.25) is 15.9 Å². The van der Waals surface area contributed by atoms with E-state index in [4.69, 9.17) is 0 Å². The van der Waals surface area contributed by atoms with E-state index in [1.165, 1.54) is 11.1 Å². The normalized spacial score (nSPS) is 15.9. The molecular weight excluding hydrogens is 494 g/mol. The van der Waals surface area contributed by atoms with E-state index < -0.39 is 16.1 Å². The SMILES string of the molecule is CN(C)Cc1cccc2c1CCC2NC(=O)C[C@@H](NS(=O)(=O)c1ccc2ccccc2c1)c1ccccc1. The minimum atomic E-state index is -3.87. The number of benzene rings is 4. The van der Waals surface area contributed by atoms with Gasteiger partial charge in [0.15, 0.2) is 0 Å². The van der Waals surface area contributed by atoms with E-state index in [0.717, 1.165) is 41.3 Å². The average molecular weight is 528 g/mol. The van der Waals surface area contributed by atoms with Crippen LogP contribution in [0.2, 0.25) is 0 Å². The highest BCUT2D eigenvalue weighted by molar-refractivity contribution is 7.89. The van der Waals surface area contributed by atoms with Crippen molar-refractivity contribution in [3.63, 3.8) is 0 Å². The van der Waals surface area contributed by atoms with Crippen LogP contribution in [0.25, 0.3) is 10.8 Å². The highest BCUT2D eigenvalue weighted by Gasteiger charge is 2.28. The molecule has 6 nitrogen and oxygen atoms in total.